The van der Waals surface area contributed by atoms with Crippen molar-refractivity contribution < 1.29 is 0 Å². The van der Waals surface area contributed by atoms with Crippen LogP contribution in [-0.2, 0) is 0 Å². The van der Waals surface area contributed by atoms with E-state index in [9.17, 15) is 0 Å². The third-order valence-corrected chi connectivity index (χ3v) is 2.95. The Labute approximate surface area is 85.7 Å². The fraction of sp³-hybridized carbons (Fsp3) is 0.385. The van der Waals surface area contributed by atoms with Gasteiger partial charge in [0.25, 0.3) is 0 Å². The normalized spacial score (nSPS) is 26.6. The van der Waals surface area contributed by atoms with Crippen LogP contribution in [-0.4, -0.2) is 0 Å². The van der Waals surface area contributed by atoms with Gasteiger partial charge in [0, 0.05) is 5.70 Å². The van der Waals surface area contributed by atoms with Crippen LogP contribution in [0.4, 0.5) is 0 Å². The molecule has 0 unspecified atom stereocenters. The minimum Gasteiger partial charge on any atom is -0.398 e. The second kappa shape index (κ2) is 3.87. The molecule has 2 aliphatic rings. The van der Waals surface area contributed by atoms with E-state index in [1.807, 2.05) is 0 Å². The summed E-state index contributed by atoms with van der Waals surface area (Å²) < 4.78 is 0. The Morgan fingerprint density at radius 2 is 2.21 bits per heavy atom. The lowest BCUT2D eigenvalue weighted by atomic mass is 9.83. The summed E-state index contributed by atoms with van der Waals surface area (Å²) in [6.45, 7) is 2.25. The molecule has 74 valence electrons. The fourth-order valence-corrected chi connectivity index (χ4v) is 2.22. The highest BCUT2D eigenvalue weighted by Crippen LogP contribution is 2.32. The molecule has 1 nitrogen and oxygen atoms in total. The standard InChI is InChI=1S/C13H17N/c1-10-6-5-9-12(14)13(10)11-7-3-2-4-8-11/h2-3,5,7,9-10H,4,6,8,14H2,1H3/t10-/m1/s1. The van der Waals surface area contributed by atoms with E-state index in [0.717, 1.165) is 25.0 Å². The van der Waals surface area contributed by atoms with Crippen LogP contribution in [0.25, 0.3) is 0 Å². The van der Waals surface area contributed by atoms with Crippen molar-refractivity contribution in [3.05, 3.63) is 47.2 Å². The molecular weight excluding hydrogens is 170 g/mol. The third-order valence-electron chi connectivity index (χ3n) is 2.95. The van der Waals surface area contributed by atoms with Gasteiger partial charge >= 0.3 is 0 Å². The van der Waals surface area contributed by atoms with Gasteiger partial charge in [-0.15, -0.1) is 0 Å². The third kappa shape index (κ3) is 1.67. The average molecular weight is 187 g/mol. The van der Waals surface area contributed by atoms with Crippen molar-refractivity contribution in [2.45, 2.75) is 26.2 Å². The van der Waals surface area contributed by atoms with E-state index in [2.05, 4.69) is 37.3 Å². The summed E-state index contributed by atoms with van der Waals surface area (Å²) in [5.74, 6) is 0.581. The first-order chi connectivity index (χ1) is 6.79. The summed E-state index contributed by atoms with van der Waals surface area (Å²) >= 11 is 0. The van der Waals surface area contributed by atoms with Crippen LogP contribution in [0.1, 0.15) is 26.2 Å². The largest absolute Gasteiger partial charge is 0.398 e. The number of rotatable bonds is 1. The highest BCUT2D eigenvalue weighted by molar-refractivity contribution is 5.45. The molecule has 0 aromatic rings. The van der Waals surface area contributed by atoms with Crippen LogP contribution in [0.2, 0.25) is 0 Å². The number of allylic oxidation sites excluding steroid dienone is 7. The summed E-state index contributed by atoms with van der Waals surface area (Å²) in [5.41, 5.74) is 9.80. The summed E-state index contributed by atoms with van der Waals surface area (Å²) in [4.78, 5) is 0. The van der Waals surface area contributed by atoms with Gasteiger partial charge in [-0.05, 0) is 42.4 Å². The smallest absolute Gasteiger partial charge is 0.0348 e. The van der Waals surface area contributed by atoms with E-state index < -0.39 is 0 Å². The number of nitrogens with two attached hydrogens (primary N) is 1. The van der Waals surface area contributed by atoms with Crippen LogP contribution in [0.5, 0.6) is 0 Å². The predicted molar refractivity (Wildman–Crippen MR) is 60.6 cm³/mol. The van der Waals surface area contributed by atoms with E-state index in [0.29, 0.717) is 5.92 Å². The molecule has 1 heteroatoms. The van der Waals surface area contributed by atoms with Gasteiger partial charge < -0.3 is 5.73 Å². The summed E-state index contributed by atoms with van der Waals surface area (Å²) in [5, 5.41) is 0. The van der Waals surface area contributed by atoms with Crippen LogP contribution in [0.15, 0.2) is 47.2 Å². The van der Waals surface area contributed by atoms with Crippen molar-refractivity contribution in [1.82, 2.24) is 0 Å². The lowest BCUT2D eigenvalue weighted by molar-refractivity contribution is 0.672. The lowest BCUT2D eigenvalue weighted by Crippen LogP contribution is -2.13. The quantitative estimate of drug-likeness (QED) is 0.670. The molecular formula is C13H17N. The zero-order valence-electron chi connectivity index (χ0n) is 8.66. The Bertz CT molecular complexity index is 342. The van der Waals surface area contributed by atoms with Crippen molar-refractivity contribution in [2.75, 3.05) is 0 Å². The molecule has 14 heavy (non-hydrogen) atoms. The minimum atomic E-state index is 0.581. The molecule has 0 aromatic carbocycles. The highest BCUT2D eigenvalue weighted by Gasteiger charge is 2.18. The zero-order chi connectivity index (χ0) is 9.97. The molecule has 1 atom stereocenters. The summed E-state index contributed by atoms with van der Waals surface area (Å²) in [6.07, 6.45) is 14.2. The Hall–Kier alpha value is -1.24. The van der Waals surface area contributed by atoms with Gasteiger partial charge in [-0.3, -0.25) is 0 Å². The molecule has 0 saturated heterocycles. The van der Waals surface area contributed by atoms with Gasteiger partial charge in [-0.1, -0.05) is 31.2 Å². The van der Waals surface area contributed by atoms with Crippen molar-refractivity contribution >= 4 is 0 Å². The zero-order valence-corrected chi connectivity index (χ0v) is 8.66. The fourth-order valence-electron chi connectivity index (χ4n) is 2.22. The van der Waals surface area contributed by atoms with E-state index >= 15 is 0 Å². The molecule has 0 fully saturated rings. The second-order valence-electron chi connectivity index (χ2n) is 4.07. The van der Waals surface area contributed by atoms with Gasteiger partial charge in [0.15, 0.2) is 0 Å². The van der Waals surface area contributed by atoms with Crippen LogP contribution < -0.4 is 5.73 Å². The first-order valence-electron chi connectivity index (χ1n) is 5.31. The molecule has 0 bridgehead atoms. The monoisotopic (exact) mass is 187 g/mol. The summed E-state index contributed by atoms with van der Waals surface area (Å²) in [6, 6.07) is 0. The Morgan fingerprint density at radius 1 is 1.36 bits per heavy atom. The van der Waals surface area contributed by atoms with Gasteiger partial charge in [0.1, 0.15) is 0 Å². The van der Waals surface area contributed by atoms with Crippen molar-refractivity contribution in [3.8, 4) is 0 Å². The molecule has 0 radical (unpaired) electrons. The second-order valence-corrected chi connectivity index (χ2v) is 4.07. The van der Waals surface area contributed by atoms with Crippen molar-refractivity contribution in [1.29, 1.82) is 0 Å². The SMILES string of the molecule is C[C@@H]1CC=CC(N)=C1C1=CC=CCC1. The molecule has 2 rings (SSSR count). The highest BCUT2D eigenvalue weighted by atomic mass is 14.6. The maximum atomic E-state index is 6.03. The Balaban J connectivity index is 2.35. The molecule has 0 heterocycles. The lowest BCUT2D eigenvalue weighted by Gasteiger charge is -2.23. The predicted octanol–water partition coefficient (Wildman–Crippen LogP) is 3.07. The van der Waals surface area contributed by atoms with Crippen LogP contribution >= 0.6 is 0 Å². The first kappa shape index (κ1) is 9.32. The number of hydrogen-bond acceptors (Lipinski definition) is 1. The minimum absolute atomic E-state index is 0.581. The molecule has 0 amide bonds. The van der Waals surface area contributed by atoms with Gasteiger partial charge in [-0.25, -0.2) is 0 Å². The van der Waals surface area contributed by atoms with E-state index in [-0.39, 0.29) is 0 Å². The average Bonchev–Trinajstić information content (AvgIpc) is 2.19. The summed E-state index contributed by atoms with van der Waals surface area (Å²) in [7, 11) is 0. The molecule has 0 spiro atoms. The molecule has 0 saturated carbocycles. The molecule has 0 aliphatic heterocycles. The number of hydrogen-bond donors (Lipinski definition) is 1. The van der Waals surface area contributed by atoms with Crippen LogP contribution in [0.3, 0.4) is 0 Å². The van der Waals surface area contributed by atoms with E-state index in [1.165, 1.54) is 11.1 Å². The van der Waals surface area contributed by atoms with Crippen molar-refractivity contribution in [3.63, 3.8) is 0 Å². The van der Waals surface area contributed by atoms with E-state index in [4.69, 9.17) is 5.73 Å². The molecule has 0 aromatic heterocycles. The van der Waals surface area contributed by atoms with Gasteiger partial charge in [-0.2, -0.15) is 0 Å². The first-order valence-corrected chi connectivity index (χ1v) is 5.31. The molecule has 2 aliphatic carbocycles. The van der Waals surface area contributed by atoms with Crippen molar-refractivity contribution in [2.24, 2.45) is 11.7 Å². The topological polar surface area (TPSA) is 26.0 Å². The maximum absolute atomic E-state index is 6.03. The van der Waals surface area contributed by atoms with Crippen LogP contribution in [0, 0.1) is 5.92 Å². The Morgan fingerprint density at radius 3 is 2.86 bits per heavy atom. The Kier molecular flexibility index (Phi) is 2.58. The molecule has 2 N–H and O–H groups in total. The van der Waals surface area contributed by atoms with Gasteiger partial charge in [0.2, 0.25) is 0 Å². The van der Waals surface area contributed by atoms with Gasteiger partial charge in [0.05, 0.1) is 0 Å². The van der Waals surface area contributed by atoms with E-state index in [1.54, 1.807) is 0 Å². The maximum Gasteiger partial charge on any atom is 0.0348 e.